The second-order valence-corrected chi connectivity index (χ2v) is 6.21. The molecule has 2 aromatic carbocycles. The van der Waals surface area contributed by atoms with Gasteiger partial charge in [0.2, 0.25) is 0 Å². The van der Waals surface area contributed by atoms with Crippen molar-refractivity contribution < 1.29 is 10.2 Å². The van der Waals surface area contributed by atoms with Crippen LogP contribution in [0.2, 0.25) is 10.0 Å². The Balaban J connectivity index is 2.07. The summed E-state index contributed by atoms with van der Waals surface area (Å²) in [6, 6.07) is 9.49. The minimum Gasteiger partial charge on any atom is -0.508 e. The molecule has 0 saturated heterocycles. The third-order valence-electron chi connectivity index (χ3n) is 4.00. The molecule has 2 aromatic rings. The topological polar surface area (TPSA) is 56.1 Å². The number of likely N-dealkylation sites (N-methyl/N-ethyl adjacent to an activating group) is 1. The molecule has 0 radical (unpaired) electrons. The predicted molar refractivity (Wildman–Crippen MR) is 92.6 cm³/mol. The Morgan fingerprint density at radius 2 is 1.57 bits per heavy atom. The van der Waals surface area contributed by atoms with Crippen LogP contribution in [0.15, 0.2) is 41.4 Å². The molecule has 6 heteroatoms. The summed E-state index contributed by atoms with van der Waals surface area (Å²) >= 11 is 12.6. The van der Waals surface area contributed by atoms with Gasteiger partial charge in [-0.05, 0) is 42.3 Å². The first-order valence-electron chi connectivity index (χ1n) is 7.27. The first-order chi connectivity index (χ1) is 11.0. The smallest absolute Gasteiger partial charge is 0.117 e. The highest BCUT2D eigenvalue weighted by Gasteiger charge is 2.35. The fourth-order valence-corrected chi connectivity index (χ4v) is 3.45. The molecule has 0 aliphatic carbocycles. The molecule has 0 saturated carbocycles. The summed E-state index contributed by atoms with van der Waals surface area (Å²) in [5.41, 5.74) is 1.70. The van der Waals surface area contributed by atoms with Crippen LogP contribution in [0.25, 0.3) is 0 Å². The Labute approximate surface area is 144 Å². The van der Waals surface area contributed by atoms with Gasteiger partial charge < -0.3 is 15.1 Å². The number of benzene rings is 2. The van der Waals surface area contributed by atoms with E-state index in [0.29, 0.717) is 10.0 Å². The van der Waals surface area contributed by atoms with Crippen LogP contribution in [0.4, 0.5) is 0 Å². The van der Waals surface area contributed by atoms with Crippen molar-refractivity contribution in [3.63, 3.8) is 0 Å². The van der Waals surface area contributed by atoms with Crippen LogP contribution in [0, 0.1) is 0 Å². The van der Waals surface area contributed by atoms with Crippen molar-refractivity contribution >= 4 is 29.5 Å². The third kappa shape index (κ3) is 2.96. The molecule has 1 heterocycles. The van der Waals surface area contributed by atoms with Gasteiger partial charge in [-0.3, -0.25) is 4.99 Å². The molecule has 120 valence electrons. The number of hydrogen-bond donors (Lipinski definition) is 2. The van der Waals surface area contributed by atoms with Crippen LogP contribution in [0.1, 0.15) is 30.1 Å². The fourth-order valence-electron chi connectivity index (χ4n) is 2.88. The average molecular weight is 351 g/mol. The normalized spacial score (nSPS) is 20.2. The summed E-state index contributed by atoms with van der Waals surface area (Å²) in [6.45, 7) is 2.80. The van der Waals surface area contributed by atoms with Crippen LogP contribution < -0.4 is 0 Å². The molecule has 0 spiro atoms. The van der Waals surface area contributed by atoms with Gasteiger partial charge in [0.15, 0.2) is 0 Å². The number of aromatic hydroxyl groups is 2. The van der Waals surface area contributed by atoms with Gasteiger partial charge in [-0.25, -0.2) is 0 Å². The Morgan fingerprint density at radius 1 is 1.00 bits per heavy atom. The van der Waals surface area contributed by atoms with Crippen molar-refractivity contribution in [3.8, 4) is 11.5 Å². The zero-order chi connectivity index (χ0) is 16.6. The summed E-state index contributed by atoms with van der Waals surface area (Å²) in [5.74, 6) is 0.243. The second-order valence-electron chi connectivity index (χ2n) is 5.40. The van der Waals surface area contributed by atoms with Crippen molar-refractivity contribution in [1.82, 2.24) is 4.90 Å². The minimum absolute atomic E-state index is 0.116. The number of aliphatic imine (C=N–C) groups is 1. The summed E-state index contributed by atoms with van der Waals surface area (Å²) in [7, 11) is 0. The van der Waals surface area contributed by atoms with Crippen molar-refractivity contribution in [2.75, 3.05) is 6.54 Å². The molecular weight excluding hydrogens is 335 g/mol. The molecule has 0 amide bonds. The van der Waals surface area contributed by atoms with E-state index in [1.165, 1.54) is 12.1 Å². The molecule has 0 fully saturated rings. The molecule has 0 bridgehead atoms. The highest BCUT2D eigenvalue weighted by atomic mass is 35.5. The van der Waals surface area contributed by atoms with Crippen molar-refractivity contribution in [2.24, 2.45) is 4.99 Å². The Hall–Kier alpha value is -1.91. The second kappa shape index (κ2) is 6.30. The monoisotopic (exact) mass is 350 g/mol. The van der Waals surface area contributed by atoms with E-state index in [4.69, 9.17) is 23.2 Å². The standard InChI is InChI=1S/C17H16Cl2N2O2/c1-2-21-9-20-16(12-5-3-10(22)7-14(12)18)17(21)13-6-4-11(23)8-15(13)19/h3-9,16-17,22-23H,2H2,1H3/t16-,17+/m0/s1. The van der Waals surface area contributed by atoms with Gasteiger partial charge in [0.05, 0.1) is 12.4 Å². The maximum Gasteiger partial charge on any atom is 0.117 e. The maximum absolute atomic E-state index is 9.58. The van der Waals surface area contributed by atoms with Gasteiger partial charge in [-0.1, -0.05) is 35.3 Å². The van der Waals surface area contributed by atoms with Gasteiger partial charge in [0, 0.05) is 16.6 Å². The molecule has 4 nitrogen and oxygen atoms in total. The van der Waals surface area contributed by atoms with Gasteiger partial charge in [-0.15, -0.1) is 0 Å². The number of phenolic OH excluding ortho intramolecular Hbond substituents is 2. The summed E-state index contributed by atoms with van der Waals surface area (Å²) in [4.78, 5) is 6.66. The lowest BCUT2D eigenvalue weighted by molar-refractivity contribution is 0.330. The number of phenols is 2. The quantitative estimate of drug-likeness (QED) is 0.853. The molecule has 2 N–H and O–H groups in total. The third-order valence-corrected chi connectivity index (χ3v) is 4.66. The summed E-state index contributed by atoms with van der Waals surface area (Å²) in [6.07, 6.45) is 1.79. The Kier molecular flexibility index (Phi) is 4.37. The largest absolute Gasteiger partial charge is 0.508 e. The number of halogens is 2. The van der Waals surface area contributed by atoms with Crippen LogP contribution >= 0.6 is 23.2 Å². The molecule has 2 atom stereocenters. The Morgan fingerprint density at radius 3 is 2.09 bits per heavy atom. The van der Waals surface area contributed by atoms with Crippen LogP contribution in [0.3, 0.4) is 0 Å². The van der Waals surface area contributed by atoms with E-state index in [0.717, 1.165) is 17.7 Å². The van der Waals surface area contributed by atoms with Gasteiger partial charge in [0.25, 0.3) is 0 Å². The van der Waals surface area contributed by atoms with E-state index in [-0.39, 0.29) is 23.6 Å². The lowest BCUT2D eigenvalue weighted by atomic mass is 9.93. The van der Waals surface area contributed by atoms with Crippen LogP contribution in [0.5, 0.6) is 11.5 Å². The van der Waals surface area contributed by atoms with E-state index in [9.17, 15) is 10.2 Å². The number of rotatable bonds is 3. The van der Waals surface area contributed by atoms with Crippen molar-refractivity contribution in [2.45, 2.75) is 19.0 Å². The number of nitrogens with zero attached hydrogens (tertiary/aromatic N) is 2. The average Bonchev–Trinajstić information content (AvgIpc) is 2.91. The Bertz CT molecular complexity index is 764. The first-order valence-corrected chi connectivity index (χ1v) is 8.02. The summed E-state index contributed by atoms with van der Waals surface area (Å²) < 4.78 is 0. The van der Waals surface area contributed by atoms with Crippen molar-refractivity contribution in [1.29, 1.82) is 0 Å². The molecule has 1 aliphatic rings. The molecule has 0 aromatic heterocycles. The van der Waals surface area contributed by atoms with E-state index >= 15 is 0 Å². The lowest BCUT2D eigenvalue weighted by Gasteiger charge is -2.29. The minimum atomic E-state index is -0.231. The zero-order valence-corrected chi connectivity index (χ0v) is 14.0. The van der Waals surface area contributed by atoms with Crippen LogP contribution in [-0.2, 0) is 0 Å². The van der Waals surface area contributed by atoms with Gasteiger partial charge in [0.1, 0.15) is 17.5 Å². The van der Waals surface area contributed by atoms with Gasteiger partial charge in [-0.2, -0.15) is 0 Å². The van der Waals surface area contributed by atoms with Crippen molar-refractivity contribution in [3.05, 3.63) is 57.6 Å². The summed E-state index contributed by atoms with van der Waals surface area (Å²) in [5, 5.41) is 20.1. The predicted octanol–water partition coefficient (Wildman–Crippen LogP) is 4.55. The molecule has 23 heavy (non-hydrogen) atoms. The zero-order valence-electron chi connectivity index (χ0n) is 12.4. The molecular formula is C17H16Cl2N2O2. The van der Waals surface area contributed by atoms with Crippen LogP contribution in [-0.4, -0.2) is 28.0 Å². The van der Waals surface area contributed by atoms with E-state index in [2.05, 4.69) is 9.89 Å². The SMILES string of the molecule is CCN1C=N[C@@H](c2ccc(O)cc2Cl)[C@H]1c1ccc(O)cc1Cl. The number of hydrogen-bond acceptors (Lipinski definition) is 4. The highest BCUT2D eigenvalue weighted by molar-refractivity contribution is 6.32. The van der Waals surface area contributed by atoms with E-state index in [1.807, 2.05) is 6.92 Å². The van der Waals surface area contributed by atoms with E-state index in [1.54, 1.807) is 30.6 Å². The maximum atomic E-state index is 9.58. The van der Waals surface area contributed by atoms with E-state index < -0.39 is 0 Å². The molecule has 3 rings (SSSR count). The molecule has 1 aliphatic heterocycles. The lowest BCUT2D eigenvalue weighted by Crippen LogP contribution is -2.26. The highest BCUT2D eigenvalue weighted by Crippen LogP contribution is 2.45. The first kappa shape index (κ1) is 16.0. The fraction of sp³-hybridized carbons (Fsp3) is 0.235. The molecule has 0 unspecified atom stereocenters. The van der Waals surface area contributed by atoms with Gasteiger partial charge >= 0.3 is 0 Å².